The standard InChI is InChI=1S/C15H19NO3/c1-15(2)9-13(18)16(14(15)19)12(10-17)8-11-6-4-3-5-7-11/h3-7,12,17H,8-10H2,1-2H3/t12-/m0/s1. The molecule has 19 heavy (non-hydrogen) atoms. The largest absolute Gasteiger partial charge is 0.394 e. The molecule has 1 saturated heterocycles. The van der Waals surface area contributed by atoms with E-state index >= 15 is 0 Å². The van der Waals surface area contributed by atoms with Gasteiger partial charge in [-0.3, -0.25) is 14.5 Å². The first-order valence-electron chi connectivity index (χ1n) is 6.47. The fourth-order valence-corrected chi connectivity index (χ4v) is 2.47. The molecule has 1 aromatic carbocycles. The lowest BCUT2D eigenvalue weighted by atomic mass is 9.92. The normalized spacial score (nSPS) is 19.8. The number of hydrogen-bond acceptors (Lipinski definition) is 3. The van der Waals surface area contributed by atoms with Gasteiger partial charge in [-0.05, 0) is 12.0 Å². The Hall–Kier alpha value is -1.68. The van der Waals surface area contributed by atoms with Crippen LogP contribution in [0, 0.1) is 5.41 Å². The number of amides is 2. The van der Waals surface area contributed by atoms with E-state index in [-0.39, 0.29) is 24.8 Å². The first kappa shape index (κ1) is 13.7. The van der Waals surface area contributed by atoms with E-state index in [4.69, 9.17) is 0 Å². The van der Waals surface area contributed by atoms with Crippen LogP contribution in [0.5, 0.6) is 0 Å². The maximum atomic E-state index is 12.2. The Morgan fingerprint density at radius 3 is 2.37 bits per heavy atom. The third-order valence-corrected chi connectivity index (χ3v) is 3.55. The van der Waals surface area contributed by atoms with Gasteiger partial charge in [0.15, 0.2) is 0 Å². The number of aliphatic hydroxyl groups is 1. The summed E-state index contributed by atoms with van der Waals surface area (Å²) in [5, 5.41) is 9.51. The molecular weight excluding hydrogens is 242 g/mol. The molecular formula is C15H19NO3. The van der Waals surface area contributed by atoms with Crippen molar-refractivity contribution in [3.63, 3.8) is 0 Å². The van der Waals surface area contributed by atoms with Gasteiger partial charge >= 0.3 is 0 Å². The molecule has 1 aromatic rings. The minimum atomic E-state index is -0.652. The Balaban J connectivity index is 2.19. The van der Waals surface area contributed by atoms with E-state index in [1.165, 1.54) is 4.90 Å². The SMILES string of the molecule is CC1(C)CC(=O)N([C@H](CO)Cc2ccccc2)C1=O. The fraction of sp³-hybridized carbons (Fsp3) is 0.467. The number of carbonyl (C=O) groups excluding carboxylic acids is 2. The summed E-state index contributed by atoms with van der Waals surface area (Å²) in [6.45, 7) is 3.33. The lowest BCUT2D eigenvalue weighted by molar-refractivity contribution is -0.144. The number of aliphatic hydroxyl groups excluding tert-OH is 1. The molecule has 0 spiro atoms. The van der Waals surface area contributed by atoms with Crippen LogP contribution in [0.4, 0.5) is 0 Å². The van der Waals surface area contributed by atoms with Gasteiger partial charge in [0, 0.05) is 6.42 Å². The second-order valence-electron chi connectivity index (χ2n) is 5.66. The van der Waals surface area contributed by atoms with Gasteiger partial charge < -0.3 is 5.11 Å². The number of rotatable bonds is 4. The Bertz CT molecular complexity index is 481. The van der Waals surface area contributed by atoms with Gasteiger partial charge in [0.05, 0.1) is 18.1 Å². The molecule has 0 saturated carbocycles. The van der Waals surface area contributed by atoms with Crippen molar-refractivity contribution in [3.05, 3.63) is 35.9 Å². The van der Waals surface area contributed by atoms with E-state index in [0.29, 0.717) is 6.42 Å². The van der Waals surface area contributed by atoms with Gasteiger partial charge in [-0.25, -0.2) is 0 Å². The monoisotopic (exact) mass is 261 g/mol. The summed E-state index contributed by atoms with van der Waals surface area (Å²) >= 11 is 0. The van der Waals surface area contributed by atoms with Gasteiger partial charge in [-0.1, -0.05) is 44.2 Å². The van der Waals surface area contributed by atoms with Crippen LogP contribution in [0.1, 0.15) is 25.8 Å². The van der Waals surface area contributed by atoms with E-state index in [0.717, 1.165) is 5.56 Å². The van der Waals surface area contributed by atoms with Crippen molar-refractivity contribution in [1.82, 2.24) is 4.90 Å². The minimum Gasteiger partial charge on any atom is -0.394 e. The second kappa shape index (κ2) is 5.13. The Labute approximate surface area is 113 Å². The third-order valence-electron chi connectivity index (χ3n) is 3.55. The Kier molecular flexibility index (Phi) is 3.71. The molecule has 0 aliphatic carbocycles. The van der Waals surface area contributed by atoms with Gasteiger partial charge in [0.25, 0.3) is 0 Å². The summed E-state index contributed by atoms with van der Waals surface area (Å²) in [5.41, 5.74) is 0.355. The topological polar surface area (TPSA) is 57.6 Å². The van der Waals surface area contributed by atoms with Crippen molar-refractivity contribution in [1.29, 1.82) is 0 Å². The maximum absolute atomic E-state index is 12.2. The van der Waals surface area contributed by atoms with Gasteiger partial charge in [-0.15, -0.1) is 0 Å². The third kappa shape index (κ3) is 2.68. The molecule has 1 fully saturated rings. The number of hydrogen-bond donors (Lipinski definition) is 1. The van der Waals surface area contributed by atoms with E-state index in [1.807, 2.05) is 30.3 Å². The zero-order valence-corrected chi connectivity index (χ0v) is 11.3. The number of nitrogens with zero attached hydrogens (tertiary/aromatic N) is 1. The maximum Gasteiger partial charge on any atom is 0.235 e. The highest BCUT2D eigenvalue weighted by Gasteiger charge is 2.47. The van der Waals surface area contributed by atoms with Crippen molar-refractivity contribution in [2.75, 3.05) is 6.61 Å². The van der Waals surface area contributed by atoms with Crippen molar-refractivity contribution in [3.8, 4) is 0 Å². The molecule has 2 rings (SSSR count). The Morgan fingerprint density at radius 1 is 1.26 bits per heavy atom. The summed E-state index contributed by atoms with van der Waals surface area (Å²) in [6, 6.07) is 9.11. The molecule has 4 nitrogen and oxygen atoms in total. The van der Waals surface area contributed by atoms with Crippen LogP contribution < -0.4 is 0 Å². The predicted molar refractivity (Wildman–Crippen MR) is 71.3 cm³/mol. The highest BCUT2D eigenvalue weighted by atomic mass is 16.3. The number of likely N-dealkylation sites (tertiary alicyclic amines) is 1. The lowest BCUT2D eigenvalue weighted by Gasteiger charge is -2.26. The zero-order chi connectivity index (χ0) is 14.0. The molecule has 1 heterocycles. The summed E-state index contributed by atoms with van der Waals surface area (Å²) in [4.78, 5) is 25.4. The number of carbonyl (C=O) groups is 2. The summed E-state index contributed by atoms with van der Waals surface area (Å²) in [7, 11) is 0. The van der Waals surface area contributed by atoms with Crippen molar-refractivity contribution < 1.29 is 14.7 Å². The van der Waals surface area contributed by atoms with E-state index in [2.05, 4.69) is 0 Å². The van der Waals surface area contributed by atoms with Crippen LogP contribution in [-0.4, -0.2) is 34.5 Å². The van der Waals surface area contributed by atoms with Crippen LogP contribution in [0.25, 0.3) is 0 Å². The van der Waals surface area contributed by atoms with Crippen molar-refractivity contribution in [2.24, 2.45) is 5.41 Å². The quantitative estimate of drug-likeness (QED) is 0.833. The predicted octanol–water partition coefficient (Wildman–Crippen LogP) is 1.38. The molecule has 102 valence electrons. The van der Waals surface area contributed by atoms with Crippen LogP contribution in [-0.2, 0) is 16.0 Å². The van der Waals surface area contributed by atoms with E-state index in [9.17, 15) is 14.7 Å². The van der Waals surface area contributed by atoms with Gasteiger partial charge in [-0.2, -0.15) is 0 Å². The summed E-state index contributed by atoms with van der Waals surface area (Å²) in [5.74, 6) is -0.377. The molecule has 1 aliphatic heterocycles. The highest BCUT2D eigenvalue weighted by Crippen LogP contribution is 2.33. The molecule has 0 radical (unpaired) electrons. The van der Waals surface area contributed by atoms with Crippen LogP contribution in [0.2, 0.25) is 0 Å². The average Bonchev–Trinajstić information content (AvgIpc) is 2.57. The number of imide groups is 1. The van der Waals surface area contributed by atoms with Crippen LogP contribution >= 0.6 is 0 Å². The molecule has 0 aromatic heterocycles. The molecule has 4 heteroatoms. The number of benzene rings is 1. The van der Waals surface area contributed by atoms with Gasteiger partial charge in [0.2, 0.25) is 11.8 Å². The lowest BCUT2D eigenvalue weighted by Crippen LogP contribution is -2.44. The zero-order valence-electron chi connectivity index (χ0n) is 11.3. The second-order valence-corrected chi connectivity index (χ2v) is 5.66. The summed E-state index contributed by atoms with van der Waals surface area (Å²) in [6.07, 6.45) is 0.710. The molecule has 0 bridgehead atoms. The van der Waals surface area contributed by atoms with Gasteiger partial charge in [0.1, 0.15) is 0 Å². The molecule has 2 amide bonds. The smallest absolute Gasteiger partial charge is 0.235 e. The molecule has 0 unspecified atom stereocenters. The van der Waals surface area contributed by atoms with Crippen molar-refractivity contribution in [2.45, 2.75) is 32.7 Å². The van der Waals surface area contributed by atoms with Crippen LogP contribution in [0.3, 0.4) is 0 Å². The average molecular weight is 261 g/mol. The fourth-order valence-electron chi connectivity index (χ4n) is 2.47. The highest BCUT2D eigenvalue weighted by molar-refractivity contribution is 6.05. The molecule has 1 N–H and O–H groups in total. The van der Waals surface area contributed by atoms with Crippen molar-refractivity contribution >= 4 is 11.8 Å². The molecule has 1 atom stereocenters. The first-order valence-corrected chi connectivity index (χ1v) is 6.47. The summed E-state index contributed by atoms with van der Waals surface area (Å²) < 4.78 is 0. The van der Waals surface area contributed by atoms with E-state index in [1.54, 1.807) is 13.8 Å². The van der Waals surface area contributed by atoms with Crippen LogP contribution in [0.15, 0.2) is 30.3 Å². The first-order chi connectivity index (χ1) is 8.95. The molecule has 1 aliphatic rings. The Morgan fingerprint density at radius 2 is 1.89 bits per heavy atom. The van der Waals surface area contributed by atoms with E-state index < -0.39 is 11.5 Å². The minimum absolute atomic E-state index is 0.188.